The van der Waals surface area contributed by atoms with Crippen LogP contribution >= 0.6 is 0 Å². The molecule has 0 spiro atoms. The van der Waals surface area contributed by atoms with E-state index in [2.05, 4.69) is 48.3 Å². The fourth-order valence-corrected chi connectivity index (χ4v) is 3.52. The number of rotatable bonds is 5. The van der Waals surface area contributed by atoms with Crippen LogP contribution in [0.4, 0.5) is 0 Å². The van der Waals surface area contributed by atoms with Crippen molar-refractivity contribution in [3.8, 4) is 5.75 Å². The largest absolute Gasteiger partial charge is 0.488 e. The summed E-state index contributed by atoms with van der Waals surface area (Å²) in [7, 11) is 0. The molecule has 21 heavy (non-hydrogen) atoms. The Kier molecular flexibility index (Phi) is 4.81. The molecule has 2 aliphatic rings. The quantitative estimate of drug-likeness (QED) is 0.901. The van der Waals surface area contributed by atoms with E-state index in [0.717, 1.165) is 24.6 Å². The van der Waals surface area contributed by atoms with Crippen molar-refractivity contribution in [2.24, 2.45) is 5.92 Å². The first-order valence-electron chi connectivity index (χ1n) is 8.41. The first-order valence-corrected chi connectivity index (χ1v) is 8.41. The SMILES string of the molecule is CC(C)N(CC1CCCNC1)CC1Cc2ccccc2O1. The van der Waals surface area contributed by atoms with Gasteiger partial charge in [-0.15, -0.1) is 0 Å². The molecule has 3 rings (SSSR count). The molecule has 0 bridgehead atoms. The molecule has 1 saturated heterocycles. The molecule has 0 amide bonds. The van der Waals surface area contributed by atoms with Crippen molar-refractivity contribution in [2.45, 2.75) is 45.3 Å². The Morgan fingerprint density at radius 2 is 2.14 bits per heavy atom. The molecule has 1 aromatic carbocycles. The Labute approximate surface area is 128 Å². The maximum Gasteiger partial charge on any atom is 0.123 e. The summed E-state index contributed by atoms with van der Waals surface area (Å²) in [5.74, 6) is 1.88. The molecule has 2 aliphatic heterocycles. The highest BCUT2D eigenvalue weighted by atomic mass is 16.5. The molecule has 2 heterocycles. The maximum atomic E-state index is 6.12. The molecular weight excluding hydrogens is 260 g/mol. The van der Waals surface area contributed by atoms with Crippen LogP contribution in [0.25, 0.3) is 0 Å². The van der Waals surface area contributed by atoms with Crippen LogP contribution in [0, 0.1) is 5.92 Å². The lowest BCUT2D eigenvalue weighted by Gasteiger charge is -2.34. The number of piperidine rings is 1. The zero-order valence-corrected chi connectivity index (χ0v) is 13.3. The average Bonchev–Trinajstić information content (AvgIpc) is 2.90. The number of ether oxygens (including phenoxy) is 1. The number of nitrogens with one attached hydrogen (secondary N) is 1. The van der Waals surface area contributed by atoms with Gasteiger partial charge < -0.3 is 10.1 Å². The molecule has 0 saturated carbocycles. The second-order valence-electron chi connectivity index (χ2n) is 6.81. The van der Waals surface area contributed by atoms with Crippen molar-refractivity contribution in [1.29, 1.82) is 0 Å². The lowest BCUT2D eigenvalue weighted by molar-refractivity contribution is 0.107. The molecule has 3 heteroatoms. The van der Waals surface area contributed by atoms with E-state index >= 15 is 0 Å². The maximum absolute atomic E-state index is 6.12. The molecule has 3 nitrogen and oxygen atoms in total. The summed E-state index contributed by atoms with van der Waals surface area (Å²) < 4.78 is 6.12. The zero-order chi connectivity index (χ0) is 14.7. The van der Waals surface area contributed by atoms with E-state index in [4.69, 9.17) is 4.74 Å². The molecule has 0 radical (unpaired) electrons. The first kappa shape index (κ1) is 14.9. The van der Waals surface area contributed by atoms with Gasteiger partial charge in [-0.2, -0.15) is 0 Å². The highest BCUT2D eigenvalue weighted by Crippen LogP contribution is 2.29. The Hall–Kier alpha value is -1.06. The van der Waals surface area contributed by atoms with Crippen molar-refractivity contribution in [2.75, 3.05) is 26.2 Å². The lowest BCUT2D eigenvalue weighted by Crippen LogP contribution is -2.45. The average molecular weight is 288 g/mol. The summed E-state index contributed by atoms with van der Waals surface area (Å²) in [6.07, 6.45) is 4.06. The highest BCUT2D eigenvalue weighted by molar-refractivity contribution is 5.37. The minimum Gasteiger partial charge on any atom is -0.488 e. The van der Waals surface area contributed by atoms with Gasteiger partial charge in [0.25, 0.3) is 0 Å². The predicted molar refractivity (Wildman–Crippen MR) is 86.9 cm³/mol. The summed E-state index contributed by atoms with van der Waals surface area (Å²) in [5, 5.41) is 3.53. The van der Waals surface area contributed by atoms with Crippen molar-refractivity contribution in [3.05, 3.63) is 29.8 Å². The second-order valence-corrected chi connectivity index (χ2v) is 6.81. The van der Waals surface area contributed by atoms with Gasteiger partial charge in [0.1, 0.15) is 11.9 Å². The molecule has 1 fully saturated rings. The van der Waals surface area contributed by atoms with Crippen LogP contribution < -0.4 is 10.1 Å². The van der Waals surface area contributed by atoms with Gasteiger partial charge in [-0.05, 0) is 57.3 Å². The number of benzene rings is 1. The third-order valence-electron chi connectivity index (χ3n) is 4.77. The summed E-state index contributed by atoms with van der Waals surface area (Å²) >= 11 is 0. The zero-order valence-electron chi connectivity index (χ0n) is 13.3. The number of para-hydroxylation sites is 1. The van der Waals surface area contributed by atoms with Gasteiger partial charge >= 0.3 is 0 Å². The minimum atomic E-state index is 0.321. The fraction of sp³-hybridized carbons (Fsp3) is 0.667. The molecule has 2 atom stereocenters. The number of hydrogen-bond acceptors (Lipinski definition) is 3. The van der Waals surface area contributed by atoms with E-state index < -0.39 is 0 Å². The Bertz CT molecular complexity index is 429. The van der Waals surface area contributed by atoms with Crippen LogP contribution in [0.3, 0.4) is 0 Å². The summed E-state index contributed by atoms with van der Waals surface area (Å²) in [5.41, 5.74) is 1.37. The fourth-order valence-electron chi connectivity index (χ4n) is 3.52. The monoisotopic (exact) mass is 288 g/mol. The standard InChI is InChI=1S/C18H28N2O/c1-14(2)20(12-15-6-5-9-19-11-15)13-17-10-16-7-3-4-8-18(16)21-17/h3-4,7-8,14-15,17,19H,5-6,9-13H2,1-2H3. The lowest BCUT2D eigenvalue weighted by atomic mass is 9.98. The van der Waals surface area contributed by atoms with Gasteiger partial charge in [0, 0.05) is 25.6 Å². The van der Waals surface area contributed by atoms with E-state index in [0.29, 0.717) is 12.1 Å². The van der Waals surface area contributed by atoms with E-state index in [1.54, 1.807) is 0 Å². The third-order valence-corrected chi connectivity index (χ3v) is 4.77. The van der Waals surface area contributed by atoms with Crippen molar-refractivity contribution >= 4 is 0 Å². The second kappa shape index (κ2) is 6.80. The van der Waals surface area contributed by atoms with Crippen molar-refractivity contribution in [1.82, 2.24) is 10.2 Å². The Balaban J connectivity index is 1.56. The summed E-state index contributed by atoms with van der Waals surface area (Å²) in [4.78, 5) is 2.61. The van der Waals surface area contributed by atoms with Crippen LogP contribution in [0.1, 0.15) is 32.3 Å². The van der Waals surface area contributed by atoms with Crippen LogP contribution in [-0.4, -0.2) is 43.2 Å². The van der Waals surface area contributed by atoms with Crippen molar-refractivity contribution < 1.29 is 4.74 Å². The molecule has 1 aromatic rings. The topological polar surface area (TPSA) is 24.5 Å². The summed E-state index contributed by atoms with van der Waals surface area (Å²) in [6, 6.07) is 9.05. The van der Waals surface area contributed by atoms with Gasteiger partial charge in [0.15, 0.2) is 0 Å². The molecule has 0 aromatic heterocycles. The minimum absolute atomic E-state index is 0.321. The van der Waals surface area contributed by atoms with E-state index in [1.165, 1.54) is 38.0 Å². The van der Waals surface area contributed by atoms with E-state index in [1.807, 2.05) is 0 Å². The van der Waals surface area contributed by atoms with Gasteiger partial charge in [-0.1, -0.05) is 18.2 Å². The smallest absolute Gasteiger partial charge is 0.123 e. The number of fused-ring (bicyclic) bond motifs is 1. The van der Waals surface area contributed by atoms with Crippen LogP contribution in [0.2, 0.25) is 0 Å². The van der Waals surface area contributed by atoms with Crippen LogP contribution in [0.15, 0.2) is 24.3 Å². The molecular formula is C18H28N2O. The van der Waals surface area contributed by atoms with Gasteiger partial charge in [0.05, 0.1) is 0 Å². The third kappa shape index (κ3) is 3.78. The van der Waals surface area contributed by atoms with Crippen LogP contribution in [-0.2, 0) is 6.42 Å². The number of nitrogens with zero attached hydrogens (tertiary/aromatic N) is 1. The molecule has 116 valence electrons. The Morgan fingerprint density at radius 1 is 1.29 bits per heavy atom. The summed E-state index contributed by atoms with van der Waals surface area (Å²) in [6.45, 7) is 9.22. The molecule has 0 aliphatic carbocycles. The van der Waals surface area contributed by atoms with Crippen molar-refractivity contribution in [3.63, 3.8) is 0 Å². The highest BCUT2D eigenvalue weighted by Gasteiger charge is 2.27. The van der Waals surface area contributed by atoms with Gasteiger partial charge in [-0.3, -0.25) is 4.90 Å². The van der Waals surface area contributed by atoms with Gasteiger partial charge in [-0.25, -0.2) is 0 Å². The van der Waals surface area contributed by atoms with E-state index in [-0.39, 0.29) is 0 Å². The van der Waals surface area contributed by atoms with E-state index in [9.17, 15) is 0 Å². The molecule has 2 unspecified atom stereocenters. The molecule has 1 N–H and O–H groups in total. The van der Waals surface area contributed by atoms with Crippen LogP contribution in [0.5, 0.6) is 5.75 Å². The van der Waals surface area contributed by atoms with Gasteiger partial charge in [0.2, 0.25) is 0 Å². The number of hydrogen-bond donors (Lipinski definition) is 1. The normalized spacial score (nSPS) is 25.1. The Morgan fingerprint density at radius 3 is 2.86 bits per heavy atom. The first-order chi connectivity index (χ1) is 10.2. The predicted octanol–water partition coefficient (Wildman–Crippen LogP) is 2.70.